The molecule has 0 bridgehead atoms. The molecule has 1 aromatic carbocycles. The fourth-order valence-corrected chi connectivity index (χ4v) is 4.79. The molecule has 0 radical (unpaired) electrons. The molecule has 38 heavy (non-hydrogen) atoms. The summed E-state index contributed by atoms with van der Waals surface area (Å²) in [4.78, 5) is 44.8. The van der Waals surface area contributed by atoms with E-state index in [0.717, 1.165) is 27.8 Å². The minimum Gasteiger partial charge on any atom is -0.481 e. The maximum Gasteiger partial charge on any atom is 0.305 e. The highest BCUT2D eigenvalue weighted by Crippen LogP contribution is 2.29. The van der Waals surface area contributed by atoms with E-state index in [-0.39, 0.29) is 17.9 Å². The minimum absolute atomic E-state index is 0.131. The van der Waals surface area contributed by atoms with E-state index in [4.69, 9.17) is 0 Å². The van der Waals surface area contributed by atoms with Crippen molar-refractivity contribution >= 4 is 11.9 Å². The number of pyridine rings is 2. The highest BCUT2D eigenvalue weighted by molar-refractivity contribution is 5.82. The second kappa shape index (κ2) is 12.6. The summed E-state index contributed by atoms with van der Waals surface area (Å²) in [5.41, 5.74) is 5.24. The lowest BCUT2D eigenvalue weighted by molar-refractivity contribution is -0.138. The van der Waals surface area contributed by atoms with Crippen LogP contribution >= 0.6 is 0 Å². The third-order valence-electron chi connectivity index (χ3n) is 6.47. The SMILES string of the molecule is Cc1cccc(C)c1-c1cncc([C@H](CC(=O)O)NC(=O)[C@H](CC(C)C)n2ccc(CN(C)C)cc2=O)c1. The van der Waals surface area contributed by atoms with Crippen LogP contribution in [0.2, 0.25) is 0 Å². The monoisotopic (exact) mass is 518 g/mol. The number of nitrogens with zero attached hydrogens (tertiary/aromatic N) is 3. The zero-order valence-electron chi connectivity index (χ0n) is 23.1. The average molecular weight is 519 g/mol. The van der Waals surface area contributed by atoms with Gasteiger partial charge in [0.05, 0.1) is 12.5 Å². The summed E-state index contributed by atoms with van der Waals surface area (Å²) in [6, 6.07) is 9.71. The summed E-state index contributed by atoms with van der Waals surface area (Å²) in [6.07, 6.45) is 5.11. The number of aromatic nitrogens is 2. The van der Waals surface area contributed by atoms with Crippen molar-refractivity contribution in [2.24, 2.45) is 5.92 Å². The van der Waals surface area contributed by atoms with Crippen LogP contribution in [-0.4, -0.2) is 45.5 Å². The Morgan fingerprint density at radius 2 is 1.76 bits per heavy atom. The van der Waals surface area contributed by atoms with Crippen LogP contribution in [0.1, 0.15) is 61.0 Å². The highest BCUT2D eigenvalue weighted by atomic mass is 16.4. The largest absolute Gasteiger partial charge is 0.481 e. The van der Waals surface area contributed by atoms with Crippen molar-refractivity contribution in [3.05, 3.63) is 87.6 Å². The number of carboxylic acids is 1. The quantitative estimate of drug-likeness (QED) is 0.387. The van der Waals surface area contributed by atoms with Gasteiger partial charge in [0, 0.05) is 36.8 Å². The minimum atomic E-state index is -1.04. The number of nitrogens with one attached hydrogen (secondary N) is 1. The van der Waals surface area contributed by atoms with Crippen molar-refractivity contribution in [1.82, 2.24) is 19.8 Å². The third kappa shape index (κ3) is 7.38. The van der Waals surface area contributed by atoms with Gasteiger partial charge in [-0.15, -0.1) is 0 Å². The number of carbonyl (C=O) groups excluding carboxylic acids is 1. The number of carboxylic acid groups (broad SMARTS) is 1. The molecule has 2 aromatic heterocycles. The molecular weight excluding hydrogens is 480 g/mol. The van der Waals surface area contributed by atoms with Crippen LogP contribution in [0.4, 0.5) is 0 Å². The van der Waals surface area contributed by atoms with Gasteiger partial charge in [-0.25, -0.2) is 0 Å². The van der Waals surface area contributed by atoms with Crippen LogP contribution in [-0.2, 0) is 16.1 Å². The molecule has 0 aliphatic heterocycles. The molecule has 3 rings (SSSR count). The van der Waals surface area contributed by atoms with Gasteiger partial charge in [0.15, 0.2) is 0 Å². The molecule has 0 saturated carbocycles. The van der Waals surface area contributed by atoms with Crippen LogP contribution in [0.25, 0.3) is 11.1 Å². The van der Waals surface area contributed by atoms with Crippen molar-refractivity contribution < 1.29 is 14.7 Å². The summed E-state index contributed by atoms with van der Waals surface area (Å²) < 4.78 is 1.44. The Kier molecular flexibility index (Phi) is 9.58. The lowest BCUT2D eigenvalue weighted by atomic mass is 9.94. The lowest BCUT2D eigenvalue weighted by Gasteiger charge is -2.25. The Balaban J connectivity index is 1.96. The number of rotatable bonds is 11. The number of carbonyl (C=O) groups is 2. The van der Waals surface area contributed by atoms with Gasteiger partial charge < -0.3 is 19.9 Å². The van der Waals surface area contributed by atoms with Crippen molar-refractivity contribution in [3.63, 3.8) is 0 Å². The topological polar surface area (TPSA) is 105 Å². The average Bonchev–Trinajstić information content (AvgIpc) is 2.82. The first-order valence-electron chi connectivity index (χ1n) is 12.9. The van der Waals surface area contributed by atoms with Crippen molar-refractivity contribution in [2.45, 2.75) is 59.2 Å². The predicted octanol–water partition coefficient (Wildman–Crippen LogP) is 4.51. The predicted molar refractivity (Wildman–Crippen MR) is 149 cm³/mol. The molecule has 0 saturated heterocycles. The van der Waals surface area contributed by atoms with Gasteiger partial charge in [-0.1, -0.05) is 32.0 Å². The summed E-state index contributed by atoms with van der Waals surface area (Å²) in [6.45, 7) is 8.62. The standard InChI is InChI=1S/C30H38N4O4/c1-19(2)12-26(34-11-10-22(13-27(34)35)18-33(5)6)30(38)32-25(15-28(36)37)23-14-24(17-31-16-23)29-20(3)8-7-9-21(29)4/h7-11,13-14,16-17,19,25-26H,12,15,18H2,1-6H3,(H,32,38)(H,36,37)/t25-,26-/m0/s1. The summed E-state index contributed by atoms with van der Waals surface area (Å²) >= 11 is 0. The van der Waals surface area contributed by atoms with Gasteiger partial charge in [0.25, 0.3) is 5.56 Å². The van der Waals surface area contributed by atoms with Crippen molar-refractivity contribution in [2.75, 3.05) is 14.1 Å². The number of hydrogen-bond donors (Lipinski definition) is 2. The fraction of sp³-hybridized carbons (Fsp3) is 0.400. The van der Waals surface area contributed by atoms with Gasteiger partial charge in [-0.2, -0.15) is 0 Å². The van der Waals surface area contributed by atoms with Gasteiger partial charge >= 0.3 is 5.97 Å². The second-order valence-electron chi connectivity index (χ2n) is 10.6. The van der Waals surface area contributed by atoms with E-state index in [9.17, 15) is 19.5 Å². The smallest absolute Gasteiger partial charge is 0.305 e. The molecule has 0 unspecified atom stereocenters. The molecule has 8 nitrogen and oxygen atoms in total. The molecule has 0 fully saturated rings. The van der Waals surface area contributed by atoms with Gasteiger partial charge in [-0.3, -0.25) is 19.4 Å². The second-order valence-corrected chi connectivity index (χ2v) is 10.6. The van der Waals surface area contributed by atoms with E-state index >= 15 is 0 Å². The Labute approximate surface area is 224 Å². The van der Waals surface area contributed by atoms with Gasteiger partial charge in [0.1, 0.15) is 6.04 Å². The zero-order valence-corrected chi connectivity index (χ0v) is 23.1. The maximum atomic E-state index is 13.6. The van der Waals surface area contributed by atoms with Gasteiger partial charge in [-0.05, 0) is 80.2 Å². The van der Waals surface area contributed by atoms with E-state index < -0.39 is 24.0 Å². The maximum absolute atomic E-state index is 13.6. The highest BCUT2D eigenvalue weighted by Gasteiger charge is 2.27. The lowest BCUT2D eigenvalue weighted by Crippen LogP contribution is -2.40. The Morgan fingerprint density at radius 3 is 2.34 bits per heavy atom. The summed E-state index contributed by atoms with van der Waals surface area (Å²) in [5.74, 6) is -1.31. The van der Waals surface area contributed by atoms with Crippen LogP contribution in [0.15, 0.2) is 59.8 Å². The molecule has 1 amide bonds. The molecule has 0 aliphatic carbocycles. The van der Waals surface area contributed by atoms with Crippen LogP contribution in [0, 0.1) is 19.8 Å². The molecule has 2 N–H and O–H groups in total. The van der Waals surface area contributed by atoms with E-state index in [0.29, 0.717) is 18.5 Å². The van der Waals surface area contributed by atoms with Gasteiger partial charge in [0.2, 0.25) is 5.91 Å². The number of amides is 1. The van der Waals surface area contributed by atoms with E-state index in [1.54, 1.807) is 24.7 Å². The summed E-state index contributed by atoms with van der Waals surface area (Å²) in [5, 5.41) is 12.6. The number of benzene rings is 1. The Hall–Kier alpha value is -3.78. The first kappa shape index (κ1) is 28.8. The van der Waals surface area contributed by atoms with Crippen LogP contribution in [0.5, 0.6) is 0 Å². The summed E-state index contributed by atoms with van der Waals surface area (Å²) in [7, 11) is 3.85. The van der Waals surface area contributed by atoms with E-state index in [2.05, 4.69) is 10.3 Å². The van der Waals surface area contributed by atoms with Crippen molar-refractivity contribution in [3.8, 4) is 11.1 Å². The first-order valence-corrected chi connectivity index (χ1v) is 12.9. The van der Waals surface area contributed by atoms with E-state index in [1.165, 1.54) is 4.57 Å². The molecular formula is C30H38N4O4. The molecule has 2 atom stereocenters. The molecule has 8 heteroatoms. The molecule has 2 heterocycles. The van der Waals surface area contributed by atoms with Crippen LogP contribution < -0.4 is 10.9 Å². The first-order chi connectivity index (χ1) is 18.0. The molecule has 0 aliphatic rings. The fourth-order valence-electron chi connectivity index (χ4n) is 4.79. The number of hydrogen-bond acceptors (Lipinski definition) is 5. The third-order valence-corrected chi connectivity index (χ3v) is 6.47. The Bertz CT molecular complexity index is 1330. The van der Waals surface area contributed by atoms with Crippen molar-refractivity contribution in [1.29, 1.82) is 0 Å². The number of aliphatic carboxylic acids is 1. The normalized spacial score (nSPS) is 12.9. The zero-order chi connectivity index (χ0) is 28.0. The Morgan fingerprint density at radius 1 is 1.08 bits per heavy atom. The van der Waals surface area contributed by atoms with Crippen LogP contribution in [0.3, 0.4) is 0 Å². The number of aryl methyl sites for hydroxylation is 2. The molecule has 202 valence electrons. The molecule has 0 spiro atoms. The van der Waals surface area contributed by atoms with E-state index in [1.807, 2.05) is 77.0 Å². The molecule has 3 aromatic rings.